The predicted octanol–water partition coefficient (Wildman–Crippen LogP) is 4.15. The summed E-state index contributed by atoms with van der Waals surface area (Å²) >= 11 is 0. The van der Waals surface area contributed by atoms with Crippen molar-refractivity contribution in [2.75, 3.05) is 10.6 Å². The standard InChI is InChI=1S/C17H17F3N6/c1-11(12-6-4-3-5-7-12)23-15-14(17(18,19)20)9-21-16(25-15)24-13-8-22-26(2)10-13/h3-11H,1-2H3,(H2,21,23,24,25). The van der Waals surface area contributed by atoms with Gasteiger partial charge in [0.1, 0.15) is 11.4 Å². The van der Waals surface area contributed by atoms with Gasteiger partial charge in [0.2, 0.25) is 5.95 Å². The van der Waals surface area contributed by atoms with Gasteiger partial charge >= 0.3 is 6.18 Å². The SMILES string of the molecule is CC(Nc1nc(Nc2cnn(C)c2)ncc1C(F)(F)F)c1ccccc1. The van der Waals surface area contributed by atoms with E-state index >= 15 is 0 Å². The summed E-state index contributed by atoms with van der Waals surface area (Å²) in [6.45, 7) is 1.77. The van der Waals surface area contributed by atoms with Gasteiger partial charge in [-0.1, -0.05) is 30.3 Å². The minimum atomic E-state index is -4.56. The smallest absolute Gasteiger partial charge is 0.363 e. The Bertz CT molecular complexity index is 876. The van der Waals surface area contributed by atoms with Crippen molar-refractivity contribution < 1.29 is 13.2 Å². The van der Waals surface area contributed by atoms with Crippen molar-refractivity contribution in [3.8, 4) is 0 Å². The third-order valence-electron chi connectivity index (χ3n) is 3.71. The van der Waals surface area contributed by atoms with Gasteiger partial charge in [0.25, 0.3) is 0 Å². The van der Waals surface area contributed by atoms with Gasteiger partial charge in [-0.3, -0.25) is 4.68 Å². The number of nitrogens with one attached hydrogen (secondary N) is 2. The zero-order valence-corrected chi connectivity index (χ0v) is 14.1. The number of hydrogen-bond donors (Lipinski definition) is 2. The minimum absolute atomic E-state index is 0.0498. The van der Waals surface area contributed by atoms with Crippen LogP contribution in [0.1, 0.15) is 24.1 Å². The quantitative estimate of drug-likeness (QED) is 0.714. The van der Waals surface area contributed by atoms with E-state index in [1.807, 2.05) is 30.3 Å². The van der Waals surface area contributed by atoms with Crippen LogP contribution in [0.4, 0.5) is 30.6 Å². The lowest BCUT2D eigenvalue weighted by Gasteiger charge is -2.19. The summed E-state index contributed by atoms with van der Waals surface area (Å²) < 4.78 is 41.5. The highest BCUT2D eigenvalue weighted by Gasteiger charge is 2.35. The van der Waals surface area contributed by atoms with Gasteiger partial charge in [-0.2, -0.15) is 23.3 Å². The second-order valence-corrected chi connectivity index (χ2v) is 5.76. The third-order valence-corrected chi connectivity index (χ3v) is 3.71. The molecular formula is C17H17F3N6. The molecular weight excluding hydrogens is 345 g/mol. The highest BCUT2D eigenvalue weighted by Crippen LogP contribution is 2.35. The molecule has 9 heteroatoms. The van der Waals surface area contributed by atoms with Crippen LogP contribution in [-0.2, 0) is 13.2 Å². The summed E-state index contributed by atoms with van der Waals surface area (Å²) in [6, 6.07) is 8.81. The van der Waals surface area contributed by atoms with Crippen molar-refractivity contribution in [1.82, 2.24) is 19.7 Å². The Balaban J connectivity index is 1.90. The molecule has 1 atom stereocenters. The van der Waals surface area contributed by atoms with E-state index in [0.717, 1.165) is 11.8 Å². The average molecular weight is 362 g/mol. The van der Waals surface area contributed by atoms with Crippen LogP contribution in [-0.4, -0.2) is 19.7 Å². The number of halogens is 3. The molecule has 1 unspecified atom stereocenters. The van der Waals surface area contributed by atoms with Gasteiger partial charge in [0, 0.05) is 25.5 Å². The van der Waals surface area contributed by atoms with Gasteiger partial charge in [0.15, 0.2) is 0 Å². The highest BCUT2D eigenvalue weighted by molar-refractivity contribution is 5.55. The number of rotatable bonds is 5. The Labute approximate surface area is 148 Å². The molecule has 26 heavy (non-hydrogen) atoms. The number of aromatic nitrogens is 4. The molecule has 136 valence electrons. The summed E-state index contributed by atoms with van der Waals surface area (Å²) in [5.41, 5.74) is 0.507. The van der Waals surface area contributed by atoms with Gasteiger partial charge in [0.05, 0.1) is 11.9 Å². The van der Waals surface area contributed by atoms with Crippen molar-refractivity contribution in [1.29, 1.82) is 0 Å². The third kappa shape index (κ3) is 4.11. The first-order chi connectivity index (χ1) is 12.3. The molecule has 0 aliphatic heterocycles. The molecule has 0 aliphatic rings. The van der Waals surface area contributed by atoms with Gasteiger partial charge < -0.3 is 10.6 Å². The normalized spacial score (nSPS) is 12.7. The van der Waals surface area contributed by atoms with Crippen LogP contribution in [0.5, 0.6) is 0 Å². The summed E-state index contributed by atoms with van der Waals surface area (Å²) in [5.74, 6) is -0.232. The summed E-state index contributed by atoms with van der Waals surface area (Å²) in [6.07, 6.45) is -0.598. The van der Waals surface area contributed by atoms with Crippen LogP contribution >= 0.6 is 0 Å². The molecule has 2 aromatic heterocycles. The van der Waals surface area contributed by atoms with E-state index in [1.54, 1.807) is 24.9 Å². The first-order valence-electron chi connectivity index (χ1n) is 7.84. The van der Waals surface area contributed by atoms with Crippen LogP contribution in [0.25, 0.3) is 0 Å². The second kappa shape index (κ2) is 7.03. The molecule has 0 amide bonds. The molecule has 0 aliphatic carbocycles. The molecule has 2 heterocycles. The van der Waals surface area contributed by atoms with E-state index < -0.39 is 11.7 Å². The fourth-order valence-corrected chi connectivity index (χ4v) is 2.40. The largest absolute Gasteiger partial charge is 0.421 e. The van der Waals surface area contributed by atoms with E-state index in [1.165, 1.54) is 6.20 Å². The van der Waals surface area contributed by atoms with E-state index in [2.05, 4.69) is 25.7 Å². The average Bonchev–Trinajstić information content (AvgIpc) is 2.99. The molecule has 0 saturated heterocycles. The summed E-state index contributed by atoms with van der Waals surface area (Å²) in [5, 5.41) is 9.66. The van der Waals surface area contributed by atoms with Crippen molar-refractivity contribution in [3.63, 3.8) is 0 Å². The summed E-state index contributed by atoms with van der Waals surface area (Å²) in [4.78, 5) is 7.79. The summed E-state index contributed by atoms with van der Waals surface area (Å²) in [7, 11) is 1.73. The maximum absolute atomic E-state index is 13.3. The van der Waals surface area contributed by atoms with Crippen LogP contribution in [0.2, 0.25) is 0 Å². The molecule has 3 aromatic rings. The van der Waals surface area contributed by atoms with Gasteiger partial charge in [-0.15, -0.1) is 0 Å². The Morgan fingerprint density at radius 1 is 1.12 bits per heavy atom. The van der Waals surface area contributed by atoms with Crippen LogP contribution in [0.3, 0.4) is 0 Å². The maximum atomic E-state index is 13.3. The monoisotopic (exact) mass is 362 g/mol. The molecule has 6 nitrogen and oxygen atoms in total. The van der Waals surface area contributed by atoms with E-state index in [-0.39, 0.29) is 17.8 Å². The Kier molecular flexibility index (Phi) is 4.79. The first-order valence-corrected chi connectivity index (χ1v) is 7.84. The molecule has 0 saturated carbocycles. The Hall–Kier alpha value is -3.10. The van der Waals surface area contributed by atoms with Crippen LogP contribution in [0, 0.1) is 0 Å². The zero-order valence-electron chi connectivity index (χ0n) is 14.1. The second-order valence-electron chi connectivity index (χ2n) is 5.76. The van der Waals surface area contributed by atoms with Gasteiger partial charge in [-0.05, 0) is 12.5 Å². The molecule has 0 radical (unpaired) electrons. The Morgan fingerprint density at radius 2 is 1.85 bits per heavy atom. The zero-order chi connectivity index (χ0) is 18.7. The maximum Gasteiger partial charge on any atom is 0.421 e. The topological polar surface area (TPSA) is 67.7 Å². The number of hydrogen-bond acceptors (Lipinski definition) is 5. The van der Waals surface area contributed by atoms with Crippen LogP contribution < -0.4 is 10.6 Å². The van der Waals surface area contributed by atoms with Crippen molar-refractivity contribution >= 4 is 17.5 Å². The molecule has 2 N–H and O–H groups in total. The van der Waals surface area contributed by atoms with E-state index in [4.69, 9.17) is 0 Å². The van der Waals surface area contributed by atoms with E-state index in [9.17, 15) is 13.2 Å². The highest BCUT2D eigenvalue weighted by atomic mass is 19.4. The molecule has 1 aromatic carbocycles. The fraction of sp³-hybridized carbons (Fsp3) is 0.235. The van der Waals surface area contributed by atoms with Crippen molar-refractivity contribution in [3.05, 3.63) is 60.0 Å². The van der Waals surface area contributed by atoms with Crippen molar-refractivity contribution in [2.24, 2.45) is 7.05 Å². The number of benzene rings is 1. The van der Waals surface area contributed by atoms with Crippen LogP contribution in [0.15, 0.2) is 48.9 Å². The van der Waals surface area contributed by atoms with Crippen molar-refractivity contribution in [2.45, 2.75) is 19.1 Å². The first kappa shape index (κ1) is 17.7. The molecule has 0 bridgehead atoms. The number of alkyl halides is 3. The predicted molar refractivity (Wildman–Crippen MR) is 92.0 cm³/mol. The van der Waals surface area contributed by atoms with E-state index in [0.29, 0.717) is 5.69 Å². The number of aryl methyl sites for hydroxylation is 1. The number of anilines is 3. The lowest BCUT2D eigenvalue weighted by molar-refractivity contribution is -0.137. The molecule has 0 spiro atoms. The Morgan fingerprint density at radius 3 is 2.46 bits per heavy atom. The minimum Gasteiger partial charge on any atom is -0.363 e. The molecule has 0 fully saturated rings. The molecule has 3 rings (SSSR count). The lowest BCUT2D eigenvalue weighted by atomic mass is 10.1. The lowest BCUT2D eigenvalue weighted by Crippen LogP contribution is -2.16. The van der Waals surface area contributed by atoms with Gasteiger partial charge in [-0.25, -0.2) is 4.98 Å². The number of nitrogens with zero attached hydrogens (tertiary/aromatic N) is 4. The fourth-order valence-electron chi connectivity index (χ4n) is 2.40.